The van der Waals surface area contributed by atoms with E-state index in [2.05, 4.69) is 5.32 Å². The molecule has 0 fully saturated rings. The minimum absolute atomic E-state index is 0.392. The van der Waals surface area contributed by atoms with Gasteiger partial charge in [-0.2, -0.15) is 0 Å². The molecular formula is C13H19NO4. The number of carbonyl (C=O) groups excluding carboxylic acids is 1. The third kappa shape index (κ3) is 2.41. The lowest BCUT2D eigenvalue weighted by Gasteiger charge is -2.28. The van der Waals surface area contributed by atoms with Crippen LogP contribution < -0.4 is 14.8 Å². The summed E-state index contributed by atoms with van der Waals surface area (Å²) in [4.78, 5) is 12.0. The smallest absolute Gasteiger partial charge is 0.330 e. The molecule has 0 radical (unpaired) electrons. The van der Waals surface area contributed by atoms with Gasteiger partial charge in [0.05, 0.1) is 21.3 Å². The molecule has 1 unspecified atom stereocenters. The van der Waals surface area contributed by atoms with Crippen LogP contribution in [0.5, 0.6) is 11.5 Å². The van der Waals surface area contributed by atoms with Gasteiger partial charge < -0.3 is 19.5 Å². The average Bonchev–Trinajstić information content (AvgIpc) is 2.44. The molecule has 0 saturated heterocycles. The first-order valence-electron chi connectivity index (χ1n) is 5.53. The number of ether oxygens (including phenoxy) is 3. The van der Waals surface area contributed by atoms with Gasteiger partial charge in [0.1, 0.15) is 17.0 Å². The number of nitrogens with one attached hydrogen (secondary N) is 1. The normalized spacial score (nSPS) is 13.6. The van der Waals surface area contributed by atoms with Crippen LogP contribution in [0.4, 0.5) is 0 Å². The Morgan fingerprint density at radius 3 is 2.33 bits per heavy atom. The second kappa shape index (κ2) is 5.73. The van der Waals surface area contributed by atoms with Crippen LogP contribution in [0.15, 0.2) is 18.2 Å². The van der Waals surface area contributed by atoms with E-state index in [-0.39, 0.29) is 0 Å². The van der Waals surface area contributed by atoms with E-state index in [0.717, 1.165) is 0 Å². The van der Waals surface area contributed by atoms with Crippen molar-refractivity contribution in [2.24, 2.45) is 0 Å². The Balaban J connectivity index is 3.39. The maximum Gasteiger partial charge on any atom is 0.330 e. The number of carbonyl (C=O) groups is 1. The van der Waals surface area contributed by atoms with Crippen LogP contribution in [0.2, 0.25) is 0 Å². The Morgan fingerprint density at radius 1 is 1.22 bits per heavy atom. The highest BCUT2D eigenvalue weighted by Gasteiger charge is 2.37. The summed E-state index contributed by atoms with van der Waals surface area (Å²) in [5, 5.41) is 2.96. The summed E-state index contributed by atoms with van der Waals surface area (Å²) in [6.07, 6.45) is 0. The van der Waals surface area contributed by atoms with Crippen LogP contribution in [0.3, 0.4) is 0 Å². The molecule has 0 bridgehead atoms. The molecule has 1 N–H and O–H groups in total. The molecule has 0 amide bonds. The largest absolute Gasteiger partial charge is 0.497 e. The number of hydrogen-bond donors (Lipinski definition) is 1. The van der Waals surface area contributed by atoms with Crippen LogP contribution in [-0.4, -0.2) is 34.3 Å². The zero-order valence-corrected chi connectivity index (χ0v) is 11.4. The number of hydrogen-bond acceptors (Lipinski definition) is 5. The van der Waals surface area contributed by atoms with Crippen LogP contribution >= 0.6 is 0 Å². The van der Waals surface area contributed by atoms with Gasteiger partial charge in [-0.1, -0.05) is 0 Å². The summed E-state index contributed by atoms with van der Waals surface area (Å²) in [7, 11) is 6.17. The van der Waals surface area contributed by atoms with Crippen molar-refractivity contribution in [1.29, 1.82) is 0 Å². The summed E-state index contributed by atoms with van der Waals surface area (Å²) < 4.78 is 15.3. The van der Waals surface area contributed by atoms with Crippen LogP contribution in [0.1, 0.15) is 12.5 Å². The maximum atomic E-state index is 12.0. The van der Waals surface area contributed by atoms with E-state index in [1.165, 1.54) is 7.11 Å². The van der Waals surface area contributed by atoms with Crippen molar-refractivity contribution >= 4 is 5.97 Å². The second-order valence-electron chi connectivity index (χ2n) is 3.93. The molecule has 0 aliphatic rings. The predicted octanol–water partition coefficient (Wildman–Crippen LogP) is 1.31. The molecule has 1 aromatic rings. The molecule has 1 rings (SSSR count). The minimum Gasteiger partial charge on any atom is -0.497 e. The molecular weight excluding hydrogens is 234 g/mol. The topological polar surface area (TPSA) is 56.8 Å². The standard InChI is InChI=1S/C13H19NO4/c1-13(14-2,12(15)18-5)10-8-9(16-3)6-7-11(10)17-4/h6-8,14H,1-5H3. The number of esters is 1. The van der Waals surface area contributed by atoms with Crippen molar-refractivity contribution in [2.75, 3.05) is 28.4 Å². The molecule has 5 nitrogen and oxygen atoms in total. The Kier molecular flexibility index (Phi) is 4.55. The summed E-state index contributed by atoms with van der Waals surface area (Å²) >= 11 is 0. The highest BCUT2D eigenvalue weighted by atomic mass is 16.5. The second-order valence-corrected chi connectivity index (χ2v) is 3.93. The monoisotopic (exact) mass is 253 g/mol. The van der Waals surface area contributed by atoms with Gasteiger partial charge >= 0.3 is 5.97 Å². The van der Waals surface area contributed by atoms with Crippen molar-refractivity contribution in [3.63, 3.8) is 0 Å². The van der Waals surface area contributed by atoms with Gasteiger partial charge in [0.25, 0.3) is 0 Å². The Hall–Kier alpha value is -1.75. The molecule has 0 heterocycles. The van der Waals surface area contributed by atoms with E-state index in [4.69, 9.17) is 14.2 Å². The first-order valence-corrected chi connectivity index (χ1v) is 5.53. The number of likely N-dealkylation sites (N-methyl/N-ethyl adjacent to an activating group) is 1. The van der Waals surface area contributed by atoms with Crippen molar-refractivity contribution in [1.82, 2.24) is 5.32 Å². The van der Waals surface area contributed by atoms with E-state index >= 15 is 0 Å². The third-order valence-corrected chi connectivity index (χ3v) is 3.04. The van der Waals surface area contributed by atoms with Gasteiger partial charge in [-0.25, -0.2) is 4.79 Å². The van der Waals surface area contributed by atoms with Crippen LogP contribution in [0.25, 0.3) is 0 Å². The fraction of sp³-hybridized carbons (Fsp3) is 0.462. The van der Waals surface area contributed by atoms with Gasteiger partial charge in [-0.15, -0.1) is 0 Å². The lowest BCUT2D eigenvalue weighted by Crippen LogP contribution is -2.45. The first kappa shape index (κ1) is 14.3. The minimum atomic E-state index is -0.991. The molecule has 0 aliphatic heterocycles. The summed E-state index contributed by atoms with van der Waals surface area (Å²) in [6.45, 7) is 1.73. The van der Waals surface area contributed by atoms with Gasteiger partial charge in [0.15, 0.2) is 0 Å². The first-order chi connectivity index (χ1) is 8.53. The number of rotatable bonds is 5. The molecule has 1 atom stereocenters. The molecule has 18 heavy (non-hydrogen) atoms. The maximum absolute atomic E-state index is 12.0. The summed E-state index contributed by atoms with van der Waals surface area (Å²) in [5.74, 6) is 0.853. The lowest BCUT2D eigenvalue weighted by atomic mass is 9.91. The molecule has 0 spiro atoms. The summed E-state index contributed by atoms with van der Waals surface area (Å²) in [5.41, 5.74) is -0.326. The van der Waals surface area contributed by atoms with E-state index in [0.29, 0.717) is 17.1 Å². The van der Waals surface area contributed by atoms with E-state index < -0.39 is 11.5 Å². The molecule has 5 heteroatoms. The van der Waals surface area contributed by atoms with E-state index in [1.807, 2.05) is 0 Å². The van der Waals surface area contributed by atoms with Crippen molar-refractivity contribution in [3.8, 4) is 11.5 Å². The van der Waals surface area contributed by atoms with Crippen molar-refractivity contribution in [3.05, 3.63) is 23.8 Å². The molecule has 100 valence electrons. The third-order valence-electron chi connectivity index (χ3n) is 3.04. The average molecular weight is 253 g/mol. The van der Waals surface area contributed by atoms with Gasteiger partial charge in [-0.05, 0) is 32.2 Å². The summed E-state index contributed by atoms with van der Waals surface area (Å²) in [6, 6.07) is 5.29. The fourth-order valence-electron chi connectivity index (χ4n) is 1.76. The molecule has 1 aromatic carbocycles. The van der Waals surface area contributed by atoms with Crippen LogP contribution in [0, 0.1) is 0 Å². The van der Waals surface area contributed by atoms with Crippen molar-refractivity contribution in [2.45, 2.75) is 12.5 Å². The van der Waals surface area contributed by atoms with E-state index in [9.17, 15) is 4.79 Å². The van der Waals surface area contributed by atoms with Crippen molar-refractivity contribution < 1.29 is 19.0 Å². The Labute approximate surface area is 107 Å². The zero-order chi connectivity index (χ0) is 13.8. The number of benzene rings is 1. The number of methoxy groups -OCH3 is 3. The van der Waals surface area contributed by atoms with Gasteiger partial charge in [-0.3, -0.25) is 0 Å². The quantitative estimate of drug-likeness (QED) is 0.802. The highest BCUT2D eigenvalue weighted by molar-refractivity contribution is 5.83. The SMILES string of the molecule is CNC(C)(C(=O)OC)c1cc(OC)ccc1OC. The lowest BCUT2D eigenvalue weighted by molar-refractivity contribution is -0.148. The molecule has 0 aromatic heterocycles. The highest BCUT2D eigenvalue weighted by Crippen LogP contribution is 2.33. The fourth-order valence-corrected chi connectivity index (χ4v) is 1.76. The van der Waals surface area contributed by atoms with Gasteiger partial charge in [0, 0.05) is 5.56 Å². The Bertz CT molecular complexity index is 433. The van der Waals surface area contributed by atoms with Crippen LogP contribution in [-0.2, 0) is 15.1 Å². The van der Waals surface area contributed by atoms with Gasteiger partial charge in [0.2, 0.25) is 0 Å². The Morgan fingerprint density at radius 2 is 1.89 bits per heavy atom. The zero-order valence-electron chi connectivity index (χ0n) is 11.4. The molecule has 0 saturated carbocycles. The predicted molar refractivity (Wildman–Crippen MR) is 68.0 cm³/mol. The molecule has 0 aliphatic carbocycles. The van der Waals surface area contributed by atoms with E-state index in [1.54, 1.807) is 46.4 Å².